The van der Waals surface area contributed by atoms with E-state index in [-0.39, 0.29) is 18.3 Å². The van der Waals surface area contributed by atoms with Crippen LogP contribution in [0.15, 0.2) is 58.2 Å². The Bertz CT molecular complexity index is 1140. The van der Waals surface area contributed by atoms with E-state index in [1.165, 1.54) is 11.8 Å². The minimum Gasteiger partial charge on any atom is -0.494 e. The van der Waals surface area contributed by atoms with Crippen LogP contribution in [0.3, 0.4) is 0 Å². The molecule has 3 rings (SSSR count). The van der Waals surface area contributed by atoms with Crippen molar-refractivity contribution in [3.63, 3.8) is 0 Å². The van der Waals surface area contributed by atoms with Crippen molar-refractivity contribution in [1.82, 2.24) is 20.1 Å². The number of carbonyl (C=O) groups excluding carboxylic acids is 1. The number of nitrogens with one attached hydrogen (secondary N) is 1. The van der Waals surface area contributed by atoms with Crippen molar-refractivity contribution in [1.29, 1.82) is 0 Å². The first-order chi connectivity index (χ1) is 16.8. The molecule has 0 saturated carbocycles. The molecule has 1 heterocycles. The van der Waals surface area contributed by atoms with Gasteiger partial charge in [0.05, 0.1) is 12.4 Å². The van der Waals surface area contributed by atoms with Gasteiger partial charge in [-0.15, -0.1) is 10.2 Å². The maximum Gasteiger partial charge on any atom is 0.326 e. The van der Waals surface area contributed by atoms with Gasteiger partial charge in [0.2, 0.25) is 5.91 Å². The summed E-state index contributed by atoms with van der Waals surface area (Å²) in [4.78, 5) is 23.8. The molecule has 2 aromatic carbocycles. The zero-order chi connectivity index (χ0) is 25.4. The van der Waals surface area contributed by atoms with E-state index in [0.29, 0.717) is 23.3 Å². The second-order valence-corrected chi connectivity index (χ2v) is 9.68. The highest BCUT2D eigenvalue weighted by molar-refractivity contribution is 9.10. The lowest BCUT2D eigenvalue weighted by Crippen LogP contribution is -2.45. The first-order valence-corrected chi connectivity index (χ1v) is 12.8. The standard InChI is InChI=1S/C24H27BrN4O5S/c1-4-33-18-11-7-17(8-12-18)29-20(13-34-19-9-5-16(25)6-10-19)27-28-24(29)35-14-21(30)26-22(15(2)3)23(31)32/h5-12,15,22H,4,13-14H2,1-3H3,(H,26,30)(H,31,32). The average molecular weight is 563 g/mol. The number of aliphatic carboxylic acids is 1. The maximum atomic E-state index is 12.4. The van der Waals surface area contributed by atoms with Crippen LogP contribution in [0.25, 0.3) is 5.69 Å². The first-order valence-electron chi connectivity index (χ1n) is 11.0. The van der Waals surface area contributed by atoms with Crippen LogP contribution >= 0.6 is 27.7 Å². The summed E-state index contributed by atoms with van der Waals surface area (Å²) in [5.41, 5.74) is 0.779. The first kappa shape index (κ1) is 26.6. The molecule has 2 N–H and O–H groups in total. The molecular formula is C24H27BrN4O5S. The largest absolute Gasteiger partial charge is 0.494 e. The van der Waals surface area contributed by atoms with Crippen LogP contribution in [-0.2, 0) is 16.2 Å². The Morgan fingerprint density at radius 1 is 1.06 bits per heavy atom. The van der Waals surface area contributed by atoms with E-state index in [2.05, 4.69) is 31.4 Å². The summed E-state index contributed by atoms with van der Waals surface area (Å²) in [6, 6.07) is 13.9. The van der Waals surface area contributed by atoms with Crippen molar-refractivity contribution in [3.05, 3.63) is 58.8 Å². The third-order valence-corrected chi connectivity index (χ3v) is 6.33. The van der Waals surface area contributed by atoms with E-state index in [1.54, 1.807) is 13.8 Å². The van der Waals surface area contributed by atoms with Gasteiger partial charge in [0, 0.05) is 10.2 Å². The fraction of sp³-hybridized carbons (Fsp3) is 0.333. The topological polar surface area (TPSA) is 116 Å². The quantitative estimate of drug-likeness (QED) is 0.313. The smallest absolute Gasteiger partial charge is 0.326 e. The molecule has 9 nitrogen and oxygen atoms in total. The second-order valence-electron chi connectivity index (χ2n) is 7.82. The number of thioether (sulfide) groups is 1. The molecule has 0 bridgehead atoms. The lowest BCUT2D eigenvalue weighted by Gasteiger charge is -2.17. The fourth-order valence-electron chi connectivity index (χ4n) is 3.14. The molecule has 3 aromatic rings. The number of carbonyl (C=O) groups is 2. The Morgan fingerprint density at radius 2 is 1.69 bits per heavy atom. The molecule has 35 heavy (non-hydrogen) atoms. The van der Waals surface area contributed by atoms with Gasteiger partial charge in [-0.2, -0.15) is 0 Å². The number of benzene rings is 2. The van der Waals surface area contributed by atoms with E-state index < -0.39 is 17.9 Å². The maximum absolute atomic E-state index is 12.4. The number of hydrogen-bond acceptors (Lipinski definition) is 7. The normalized spacial score (nSPS) is 11.8. The van der Waals surface area contributed by atoms with Crippen LogP contribution in [0.4, 0.5) is 0 Å². The van der Waals surface area contributed by atoms with E-state index >= 15 is 0 Å². The number of ether oxygens (including phenoxy) is 2. The summed E-state index contributed by atoms with van der Waals surface area (Å²) in [5.74, 6) is 0.241. The van der Waals surface area contributed by atoms with Crippen molar-refractivity contribution in [2.75, 3.05) is 12.4 Å². The predicted molar refractivity (Wildman–Crippen MR) is 136 cm³/mol. The minimum atomic E-state index is -1.07. The molecular weight excluding hydrogens is 536 g/mol. The van der Waals surface area contributed by atoms with Crippen molar-refractivity contribution < 1.29 is 24.2 Å². The van der Waals surface area contributed by atoms with Gasteiger partial charge in [-0.3, -0.25) is 9.36 Å². The van der Waals surface area contributed by atoms with Crippen molar-refractivity contribution in [3.8, 4) is 17.2 Å². The number of nitrogens with zero attached hydrogens (tertiary/aromatic N) is 3. The molecule has 0 fully saturated rings. The summed E-state index contributed by atoms with van der Waals surface area (Å²) in [7, 11) is 0. The van der Waals surface area contributed by atoms with E-state index in [1.807, 2.05) is 60.0 Å². The lowest BCUT2D eigenvalue weighted by atomic mass is 10.1. The highest BCUT2D eigenvalue weighted by Crippen LogP contribution is 2.25. The lowest BCUT2D eigenvalue weighted by molar-refractivity contribution is -0.142. The van der Waals surface area contributed by atoms with Gasteiger partial charge in [-0.05, 0) is 61.4 Å². The summed E-state index contributed by atoms with van der Waals surface area (Å²) < 4.78 is 14.2. The molecule has 11 heteroatoms. The van der Waals surface area contributed by atoms with Crippen molar-refractivity contribution >= 4 is 39.6 Å². The molecule has 0 aliphatic rings. The summed E-state index contributed by atoms with van der Waals surface area (Å²) in [6.45, 7) is 6.11. The van der Waals surface area contributed by atoms with Crippen LogP contribution < -0.4 is 14.8 Å². The number of carboxylic acids is 1. The molecule has 0 aliphatic heterocycles. The number of rotatable bonds is 12. The van der Waals surface area contributed by atoms with Crippen LogP contribution in [-0.4, -0.2) is 50.1 Å². The van der Waals surface area contributed by atoms with Gasteiger partial charge in [-0.1, -0.05) is 41.5 Å². The molecule has 1 unspecified atom stereocenters. The molecule has 0 aliphatic carbocycles. The number of halogens is 1. The zero-order valence-corrected chi connectivity index (χ0v) is 22.0. The fourth-order valence-corrected chi connectivity index (χ4v) is 4.19. The second kappa shape index (κ2) is 12.6. The predicted octanol–water partition coefficient (Wildman–Crippen LogP) is 4.33. The van der Waals surface area contributed by atoms with Gasteiger partial charge in [0.25, 0.3) is 0 Å². The third-order valence-electron chi connectivity index (χ3n) is 4.87. The number of aromatic nitrogens is 3. The summed E-state index contributed by atoms with van der Waals surface area (Å²) in [6.07, 6.45) is 0. The highest BCUT2D eigenvalue weighted by Gasteiger charge is 2.24. The van der Waals surface area contributed by atoms with Crippen LogP contribution in [0.2, 0.25) is 0 Å². The zero-order valence-electron chi connectivity index (χ0n) is 19.6. The third kappa shape index (κ3) is 7.46. The van der Waals surface area contributed by atoms with Crippen LogP contribution in [0, 0.1) is 5.92 Å². The molecule has 1 atom stereocenters. The molecule has 186 valence electrons. The Kier molecular flexibility index (Phi) is 9.55. The van der Waals surface area contributed by atoms with Gasteiger partial charge in [-0.25, -0.2) is 4.79 Å². The molecule has 0 spiro atoms. The Labute approximate surface area is 216 Å². The van der Waals surface area contributed by atoms with Gasteiger partial charge >= 0.3 is 5.97 Å². The van der Waals surface area contributed by atoms with E-state index in [0.717, 1.165) is 15.9 Å². The van der Waals surface area contributed by atoms with Crippen LogP contribution in [0.5, 0.6) is 11.5 Å². The van der Waals surface area contributed by atoms with Gasteiger partial charge < -0.3 is 19.9 Å². The van der Waals surface area contributed by atoms with E-state index in [9.17, 15) is 14.7 Å². The van der Waals surface area contributed by atoms with E-state index in [4.69, 9.17) is 9.47 Å². The molecule has 0 saturated heterocycles. The minimum absolute atomic E-state index is 0.0147. The Balaban J connectivity index is 1.80. The van der Waals surface area contributed by atoms with Crippen molar-refractivity contribution in [2.45, 2.75) is 38.6 Å². The monoisotopic (exact) mass is 562 g/mol. The SMILES string of the molecule is CCOc1ccc(-n2c(COc3ccc(Br)cc3)nnc2SCC(=O)NC(C(=O)O)C(C)C)cc1. The van der Waals surface area contributed by atoms with Crippen molar-refractivity contribution in [2.24, 2.45) is 5.92 Å². The molecule has 0 radical (unpaired) electrons. The number of amides is 1. The summed E-state index contributed by atoms with van der Waals surface area (Å²) in [5, 5.41) is 20.9. The summed E-state index contributed by atoms with van der Waals surface area (Å²) >= 11 is 4.57. The average Bonchev–Trinajstić information content (AvgIpc) is 3.24. The highest BCUT2D eigenvalue weighted by atomic mass is 79.9. The molecule has 1 amide bonds. The Morgan fingerprint density at radius 3 is 2.29 bits per heavy atom. The van der Waals surface area contributed by atoms with Crippen LogP contribution in [0.1, 0.15) is 26.6 Å². The number of hydrogen-bond donors (Lipinski definition) is 2. The van der Waals surface area contributed by atoms with Gasteiger partial charge in [0.1, 0.15) is 24.1 Å². The molecule has 1 aromatic heterocycles. The Hall–Kier alpha value is -3.05. The number of carboxylic acid groups (broad SMARTS) is 1. The van der Waals surface area contributed by atoms with Gasteiger partial charge in [0.15, 0.2) is 11.0 Å².